The third-order valence-electron chi connectivity index (χ3n) is 4.01. The predicted octanol–water partition coefficient (Wildman–Crippen LogP) is 2.43. The summed E-state index contributed by atoms with van der Waals surface area (Å²) in [6.07, 6.45) is 0.400. The molecule has 0 saturated carbocycles. The van der Waals surface area contributed by atoms with Crippen molar-refractivity contribution in [2.75, 3.05) is 18.6 Å². The largest absolute Gasteiger partial charge is 0.497 e. The highest BCUT2D eigenvalue weighted by Gasteiger charge is 2.35. The number of carbonyl (C=O) groups is 1. The molecule has 1 amide bonds. The van der Waals surface area contributed by atoms with Gasteiger partial charge in [-0.1, -0.05) is 11.6 Å². The Bertz CT molecular complexity index is 867. The molecule has 132 valence electrons. The first-order chi connectivity index (χ1) is 11.9. The minimum absolute atomic E-state index is 0.0765. The molecule has 6 nitrogen and oxygen atoms in total. The molecule has 1 atom stereocenters. The number of anilines is 1. The van der Waals surface area contributed by atoms with Crippen LogP contribution in [0, 0.1) is 0 Å². The average Bonchev–Trinajstić information content (AvgIpc) is 2.95. The molecule has 1 fully saturated rings. The lowest BCUT2D eigenvalue weighted by molar-refractivity contribution is -0.118. The van der Waals surface area contributed by atoms with Gasteiger partial charge in [0.15, 0.2) is 0 Å². The van der Waals surface area contributed by atoms with Crippen molar-refractivity contribution in [1.82, 2.24) is 4.72 Å². The number of benzene rings is 2. The second kappa shape index (κ2) is 7.03. The van der Waals surface area contributed by atoms with Crippen molar-refractivity contribution in [3.8, 4) is 5.75 Å². The van der Waals surface area contributed by atoms with Crippen LogP contribution in [0.2, 0.25) is 5.02 Å². The molecule has 0 bridgehead atoms. The molecule has 0 aromatic heterocycles. The lowest BCUT2D eigenvalue weighted by Crippen LogP contribution is -2.41. The lowest BCUT2D eigenvalue weighted by atomic mass is 10.2. The van der Waals surface area contributed by atoms with Crippen LogP contribution in [0.1, 0.15) is 6.42 Å². The van der Waals surface area contributed by atoms with Crippen LogP contribution >= 0.6 is 11.6 Å². The number of hydrogen-bond donors (Lipinski definition) is 1. The summed E-state index contributed by atoms with van der Waals surface area (Å²) in [5.74, 6) is 0.415. The van der Waals surface area contributed by atoms with E-state index in [-0.39, 0.29) is 10.8 Å². The summed E-state index contributed by atoms with van der Waals surface area (Å²) >= 11 is 5.78. The van der Waals surface area contributed by atoms with Crippen LogP contribution in [0.15, 0.2) is 53.4 Å². The summed E-state index contributed by atoms with van der Waals surface area (Å²) < 4.78 is 32.4. The van der Waals surface area contributed by atoms with E-state index in [1.54, 1.807) is 36.3 Å². The number of methoxy groups -OCH3 is 1. The van der Waals surface area contributed by atoms with Gasteiger partial charge in [-0.15, -0.1) is 0 Å². The average molecular weight is 381 g/mol. The van der Waals surface area contributed by atoms with Crippen molar-refractivity contribution in [3.63, 3.8) is 0 Å². The van der Waals surface area contributed by atoms with Gasteiger partial charge in [-0.2, -0.15) is 4.72 Å². The standard InChI is InChI=1S/C17H17ClN2O4S/c1-24-14-6-4-13(5-7-14)20-11-10-16(17(20)21)19-25(22,23)15-8-2-12(18)3-9-15/h2-9,16,19H,10-11H2,1H3. The first-order valence-electron chi connectivity index (χ1n) is 7.64. The van der Waals surface area contributed by atoms with Crippen molar-refractivity contribution in [2.24, 2.45) is 0 Å². The number of hydrogen-bond acceptors (Lipinski definition) is 4. The van der Waals surface area contributed by atoms with Gasteiger partial charge < -0.3 is 9.64 Å². The maximum absolute atomic E-state index is 12.6. The van der Waals surface area contributed by atoms with E-state index in [1.807, 2.05) is 0 Å². The number of amides is 1. The molecule has 2 aromatic rings. The number of nitrogens with one attached hydrogen (secondary N) is 1. The zero-order chi connectivity index (χ0) is 18.0. The Morgan fingerprint density at radius 3 is 2.36 bits per heavy atom. The Morgan fingerprint density at radius 1 is 1.12 bits per heavy atom. The van der Waals surface area contributed by atoms with E-state index in [4.69, 9.17) is 16.3 Å². The Kier molecular flexibility index (Phi) is 4.99. The Hall–Kier alpha value is -2.09. The van der Waals surface area contributed by atoms with Crippen molar-refractivity contribution >= 4 is 33.2 Å². The number of carbonyl (C=O) groups excluding carboxylic acids is 1. The minimum atomic E-state index is -3.79. The van der Waals surface area contributed by atoms with Gasteiger partial charge in [0.2, 0.25) is 15.9 Å². The van der Waals surface area contributed by atoms with Crippen LogP contribution < -0.4 is 14.4 Å². The molecule has 8 heteroatoms. The Balaban J connectivity index is 1.74. The minimum Gasteiger partial charge on any atom is -0.497 e. The first-order valence-corrected chi connectivity index (χ1v) is 9.50. The van der Waals surface area contributed by atoms with Gasteiger partial charge >= 0.3 is 0 Å². The van der Waals surface area contributed by atoms with Crippen LogP contribution in [0.4, 0.5) is 5.69 Å². The van der Waals surface area contributed by atoms with E-state index >= 15 is 0 Å². The fourth-order valence-corrected chi connectivity index (χ4v) is 4.03. The van der Waals surface area contributed by atoms with E-state index in [0.29, 0.717) is 29.4 Å². The Labute approximate surface area is 151 Å². The SMILES string of the molecule is COc1ccc(N2CCC(NS(=O)(=O)c3ccc(Cl)cc3)C2=O)cc1. The van der Waals surface area contributed by atoms with Crippen molar-refractivity contribution in [3.05, 3.63) is 53.6 Å². The molecule has 1 aliphatic rings. The van der Waals surface area contributed by atoms with Gasteiger partial charge in [-0.3, -0.25) is 4.79 Å². The summed E-state index contributed by atoms with van der Waals surface area (Å²) in [5.41, 5.74) is 0.707. The number of ether oxygens (including phenoxy) is 1. The number of sulfonamides is 1. The summed E-state index contributed by atoms with van der Waals surface area (Å²) in [7, 11) is -2.22. The molecule has 25 heavy (non-hydrogen) atoms. The van der Waals surface area contributed by atoms with Crippen LogP contribution in [0.3, 0.4) is 0 Å². The molecule has 1 unspecified atom stereocenters. The number of rotatable bonds is 5. The van der Waals surface area contributed by atoms with E-state index in [9.17, 15) is 13.2 Å². The second-order valence-corrected chi connectivity index (χ2v) is 7.75. The molecule has 0 radical (unpaired) electrons. The number of nitrogens with zero attached hydrogens (tertiary/aromatic N) is 1. The van der Waals surface area contributed by atoms with E-state index < -0.39 is 16.1 Å². The molecule has 0 aliphatic carbocycles. The quantitative estimate of drug-likeness (QED) is 0.864. The fraction of sp³-hybridized carbons (Fsp3) is 0.235. The van der Waals surface area contributed by atoms with Gasteiger partial charge in [-0.05, 0) is 55.0 Å². The van der Waals surface area contributed by atoms with E-state index in [1.165, 1.54) is 24.3 Å². The zero-order valence-corrected chi connectivity index (χ0v) is 15.0. The maximum atomic E-state index is 12.6. The van der Waals surface area contributed by atoms with Gasteiger partial charge in [0.25, 0.3) is 0 Å². The van der Waals surface area contributed by atoms with Crippen LogP contribution in [-0.4, -0.2) is 34.0 Å². The molecule has 1 saturated heterocycles. The predicted molar refractivity (Wildman–Crippen MR) is 95.5 cm³/mol. The maximum Gasteiger partial charge on any atom is 0.245 e. The van der Waals surface area contributed by atoms with Crippen molar-refractivity contribution in [1.29, 1.82) is 0 Å². The normalized spacial score (nSPS) is 17.8. The van der Waals surface area contributed by atoms with Crippen molar-refractivity contribution < 1.29 is 17.9 Å². The third-order valence-corrected chi connectivity index (χ3v) is 5.75. The van der Waals surface area contributed by atoms with Crippen molar-refractivity contribution in [2.45, 2.75) is 17.4 Å². The van der Waals surface area contributed by atoms with Gasteiger partial charge in [0.1, 0.15) is 11.8 Å². The molecular formula is C17H17ClN2O4S. The summed E-state index contributed by atoms with van der Waals surface area (Å²) in [5, 5.41) is 0.446. The first kappa shape index (κ1) is 17.7. The van der Waals surface area contributed by atoms with E-state index in [0.717, 1.165) is 0 Å². The van der Waals surface area contributed by atoms with Crippen LogP contribution in [0.25, 0.3) is 0 Å². The topological polar surface area (TPSA) is 75.7 Å². The molecule has 1 aliphatic heterocycles. The lowest BCUT2D eigenvalue weighted by Gasteiger charge is -2.17. The third kappa shape index (κ3) is 3.78. The second-order valence-electron chi connectivity index (χ2n) is 5.60. The highest BCUT2D eigenvalue weighted by Crippen LogP contribution is 2.25. The molecule has 1 N–H and O–H groups in total. The smallest absolute Gasteiger partial charge is 0.245 e. The molecule has 0 spiro atoms. The van der Waals surface area contributed by atoms with Gasteiger partial charge in [-0.25, -0.2) is 8.42 Å². The van der Waals surface area contributed by atoms with Gasteiger partial charge in [0, 0.05) is 17.3 Å². The van der Waals surface area contributed by atoms with E-state index in [2.05, 4.69) is 4.72 Å². The summed E-state index contributed by atoms with van der Waals surface area (Å²) in [6.45, 7) is 0.443. The van der Waals surface area contributed by atoms with Gasteiger partial charge in [0.05, 0.1) is 12.0 Å². The zero-order valence-electron chi connectivity index (χ0n) is 13.5. The molecule has 3 rings (SSSR count). The highest BCUT2D eigenvalue weighted by atomic mass is 35.5. The molecule has 1 heterocycles. The highest BCUT2D eigenvalue weighted by molar-refractivity contribution is 7.89. The fourth-order valence-electron chi connectivity index (χ4n) is 2.68. The van der Waals surface area contributed by atoms with Crippen LogP contribution in [-0.2, 0) is 14.8 Å². The molecule has 2 aromatic carbocycles. The number of halogens is 1. The summed E-state index contributed by atoms with van der Waals surface area (Å²) in [6, 6.07) is 12.1. The summed E-state index contributed by atoms with van der Waals surface area (Å²) in [4.78, 5) is 14.2. The molecular weight excluding hydrogens is 364 g/mol. The monoisotopic (exact) mass is 380 g/mol. The Morgan fingerprint density at radius 2 is 1.76 bits per heavy atom. The van der Waals surface area contributed by atoms with Crippen LogP contribution in [0.5, 0.6) is 5.75 Å².